The van der Waals surface area contributed by atoms with E-state index in [1.54, 1.807) is 18.4 Å². The standard InChI is InChI=1S/C20H25N3O2S/c1-22(14-18-21-8-11-26-18)17-13-20(17)6-9-23(10-7-20)19(24)15-4-3-5-16(12-15)25-2/h3-5,8,11-12,17H,6-7,9-10,13-14H2,1-2H3/t17-/m1/s1. The Labute approximate surface area is 158 Å². The third-order valence-electron chi connectivity index (χ3n) is 5.91. The van der Waals surface area contributed by atoms with E-state index in [-0.39, 0.29) is 5.91 Å². The second-order valence-corrected chi connectivity index (χ2v) is 8.43. The summed E-state index contributed by atoms with van der Waals surface area (Å²) in [4.78, 5) is 21.6. The van der Waals surface area contributed by atoms with E-state index in [4.69, 9.17) is 4.74 Å². The number of rotatable bonds is 5. The Morgan fingerprint density at radius 2 is 2.23 bits per heavy atom. The minimum atomic E-state index is 0.118. The maximum atomic E-state index is 12.8. The lowest BCUT2D eigenvalue weighted by Gasteiger charge is -2.34. The van der Waals surface area contributed by atoms with Gasteiger partial charge in [0.25, 0.3) is 5.91 Å². The van der Waals surface area contributed by atoms with Gasteiger partial charge in [-0.2, -0.15) is 0 Å². The number of carbonyl (C=O) groups is 1. The third kappa shape index (κ3) is 3.35. The molecular formula is C20H25N3O2S. The van der Waals surface area contributed by atoms with E-state index in [0.717, 1.165) is 38.2 Å². The van der Waals surface area contributed by atoms with Gasteiger partial charge in [-0.1, -0.05) is 6.07 Å². The Bertz CT molecular complexity index is 769. The Kier molecular flexibility index (Phi) is 4.71. The van der Waals surface area contributed by atoms with Crippen molar-refractivity contribution < 1.29 is 9.53 Å². The number of hydrogen-bond acceptors (Lipinski definition) is 5. The summed E-state index contributed by atoms with van der Waals surface area (Å²) >= 11 is 1.72. The highest BCUT2D eigenvalue weighted by atomic mass is 32.1. The lowest BCUT2D eigenvalue weighted by atomic mass is 9.92. The second kappa shape index (κ2) is 7.00. The Morgan fingerprint density at radius 1 is 1.42 bits per heavy atom. The molecule has 4 rings (SSSR count). The molecule has 1 amide bonds. The van der Waals surface area contributed by atoms with E-state index in [9.17, 15) is 4.79 Å². The highest BCUT2D eigenvalue weighted by molar-refractivity contribution is 7.09. The van der Waals surface area contributed by atoms with Crippen LogP contribution in [0.1, 0.15) is 34.6 Å². The van der Waals surface area contributed by atoms with Crippen LogP contribution in [0.5, 0.6) is 5.75 Å². The molecule has 26 heavy (non-hydrogen) atoms. The minimum Gasteiger partial charge on any atom is -0.497 e. The number of benzene rings is 1. The van der Waals surface area contributed by atoms with Gasteiger partial charge in [0.2, 0.25) is 0 Å². The molecule has 2 aromatic rings. The van der Waals surface area contributed by atoms with Gasteiger partial charge in [0.15, 0.2) is 0 Å². The van der Waals surface area contributed by atoms with Gasteiger partial charge >= 0.3 is 0 Å². The Morgan fingerprint density at radius 3 is 2.92 bits per heavy atom. The van der Waals surface area contributed by atoms with E-state index in [1.807, 2.05) is 40.7 Å². The molecule has 5 nitrogen and oxygen atoms in total. The van der Waals surface area contributed by atoms with Crippen molar-refractivity contribution in [2.75, 3.05) is 27.2 Å². The summed E-state index contributed by atoms with van der Waals surface area (Å²) in [6.07, 6.45) is 5.31. The van der Waals surface area contributed by atoms with Gasteiger partial charge in [-0.25, -0.2) is 4.98 Å². The summed E-state index contributed by atoms with van der Waals surface area (Å²) in [5.41, 5.74) is 1.12. The van der Waals surface area contributed by atoms with Crippen molar-refractivity contribution in [2.24, 2.45) is 5.41 Å². The fourth-order valence-electron chi connectivity index (χ4n) is 4.24. The normalized spacial score (nSPS) is 21.2. The minimum absolute atomic E-state index is 0.118. The molecule has 1 aromatic heterocycles. The first kappa shape index (κ1) is 17.5. The van der Waals surface area contributed by atoms with Gasteiger partial charge in [-0.15, -0.1) is 11.3 Å². The molecule has 1 aliphatic heterocycles. The summed E-state index contributed by atoms with van der Waals surface area (Å²) in [5, 5.41) is 3.22. The first-order valence-corrected chi connectivity index (χ1v) is 10.0. The highest BCUT2D eigenvalue weighted by Gasteiger charge is 2.56. The average molecular weight is 372 g/mol. The largest absolute Gasteiger partial charge is 0.497 e. The summed E-state index contributed by atoms with van der Waals surface area (Å²) in [7, 11) is 3.83. The first-order valence-electron chi connectivity index (χ1n) is 9.13. The maximum absolute atomic E-state index is 12.8. The number of amides is 1. The van der Waals surface area contributed by atoms with Crippen LogP contribution in [0.2, 0.25) is 0 Å². The van der Waals surface area contributed by atoms with E-state index < -0.39 is 0 Å². The fourth-order valence-corrected chi connectivity index (χ4v) is 4.91. The molecule has 138 valence electrons. The lowest BCUT2D eigenvalue weighted by molar-refractivity contribution is 0.0657. The number of carbonyl (C=O) groups excluding carboxylic acids is 1. The third-order valence-corrected chi connectivity index (χ3v) is 6.67. The molecule has 2 heterocycles. The number of aromatic nitrogens is 1. The van der Waals surface area contributed by atoms with Crippen molar-refractivity contribution in [2.45, 2.75) is 31.8 Å². The molecule has 0 radical (unpaired) electrons. The predicted octanol–water partition coefficient (Wildman–Crippen LogP) is 3.28. The van der Waals surface area contributed by atoms with Gasteiger partial charge < -0.3 is 9.64 Å². The van der Waals surface area contributed by atoms with Gasteiger partial charge in [0.1, 0.15) is 10.8 Å². The molecule has 2 fully saturated rings. The average Bonchev–Trinajstić information content (AvgIpc) is 3.12. The lowest BCUT2D eigenvalue weighted by Crippen LogP contribution is -2.41. The fraction of sp³-hybridized carbons (Fsp3) is 0.500. The molecule has 1 atom stereocenters. The van der Waals surface area contributed by atoms with Crippen molar-refractivity contribution >= 4 is 17.2 Å². The summed E-state index contributed by atoms with van der Waals surface area (Å²) in [6.45, 7) is 2.62. The molecule has 2 aliphatic rings. The van der Waals surface area contributed by atoms with Crippen LogP contribution in [0.4, 0.5) is 0 Å². The van der Waals surface area contributed by atoms with Crippen molar-refractivity contribution in [1.29, 1.82) is 0 Å². The summed E-state index contributed by atoms with van der Waals surface area (Å²) < 4.78 is 5.24. The molecule has 0 bridgehead atoms. The van der Waals surface area contributed by atoms with Gasteiger partial charge in [0.05, 0.1) is 13.7 Å². The zero-order chi connectivity index (χ0) is 18.1. The summed E-state index contributed by atoms with van der Waals surface area (Å²) in [5.74, 6) is 0.850. The van der Waals surface area contributed by atoms with E-state index in [0.29, 0.717) is 17.0 Å². The van der Waals surface area contributed by atoms with Gasteiger partial charge in [-0.05, 0) is 49.9 Å². The Hall–Kier alpha value is -1.92. The van der Waals surface area contributed by atoms with Crippen molar-refractivity contribution in [1.82, 2.24) is 14.8 Å². The van der Waals surface area contributed by atoms with Crippen LogP contribution >= 0.6 is 11.3 Å². The number of methoxy groups -OCH3 is 1. The number of piperidine rings is 1. The van der Waals surface area contributed by atoms with Crippen LogP contribution < -0.4 is 4.74 Å². The van der Waals surface area contributed by atoms with Crippen LogP contribution in [-0.2, 0) is 6.54 Å². The second-order valence-electron chi connectivity index (χ2n) is 7.45. The monoisotopic (exact) mass is 371 g/mol. The molecule has 1 saturated carbocycles. The van der Waals surface area contributed by atoms with E-state index in [2.05, 4.69) is 16.9 Å². The van der Waals surface area contributed by atoms with Crippen LogP contribution in [0.25, 0.3) is 0 Å². The quantitative estimate of drug-likeness (QED) is 0.809. The maximum Gasteiger partial charge on any atom is 0.253 e. The summed E-state index contributed by atoms with van der Waals surface area (Å²) in [6, 6.07) is 8.07. The van der Waals surface area contributed by atoms with Crippen LogP contribution in [0.3, 0.4) is 0 Å². The highest BCUT2D eigenvalue weighted by Crippen LogP contribution is 2.56. The Balaban J connectivity index is 1.33. The molecule has 1 spiro atoms. The van der Waals surface area contributed by atoms with E-state index >= 15 is 0 Å². The number of ether oxygens (including phenoxy) is 1. The topological polar surface area (TPSA) is 45.7 Å². The van der Waals surface area contributed by atoms with Crippen molar-refractivity contribution in [3.05, 3.63) is 46.4 Å². The zero-order valence-corrected chi connectivity index (χ0v) is 16.2. The van der Waals surface area contributed by atoms with Crippen molar-refractivity contribution in [3.8, 4) is 5.75 Å². The van der Waals surface area contributed by atoms with Gasteiger partial charge in [0, 0.05) is 36.3 Å². The molecule has 0 N–H and O–H groups in total. The number of thiazole rings is 1. The van der Waals surface area contributed by atoms with Crippen LogP contribution in [0, 0.1) is 5.41 Å². The van der Waals surface area contributed by atoms with Crippen LogP contribution in [0.15, 0.2) is 35.8 Å². The smallest absolute Gasteiger partial charge is 0.253 e. The molecule has 1 aliphatic carbocycles. The molecule has 0 unspecified atom stereocenters. The number of likely N-dealkylation sites (tertiary alicyclic amines) is 1. The zero-order valence-electron chi connectivity index (χ0n) is 15.4. The molecule has 6 heteroatoms. The molecular weight excluding hydrogens is 346 g/mol. The molecule has 1 aromatic carbocycles. The number of nitrogens with zero attached hydrogens (tertiary/aromatic N) is 3. The first-order chi connectivity index (χ1) is 12.6. The number of hydrogen-bond donors (Lipinski definition) is 0. The predicted molar refractivity (Wildman–Crippen MR) is 103 cm³/mol. The van der Waals surface area contributed by atoms with Gasteiger partial charge in [-0.3, -0.25) is 9.69 Å². The van der Waals surface area contributed by atoms with Crippen LogP contribution in [-0.4, -0.2) is 54.0 Å². The SMILES string of the molecule is COc1cccc(C(=O)N2CCC3(CC2)C[C@H]3N(C)Cc2nccs2)c1. The molecule has 1 saturated heterocycles. The van der Waals surface area contributed by atoms with Crippen molar-refractivity contribution in [3.63, 3.8) is 0 Å². The van der Waals surface area contributed by atoms with E-state index in [1.165, 1.54) is 11.4 Å².